The minimum absolute atomic E-state index is 0.185. The molecular weight excluding hydrogens is 230 g/mol. The second-order valence-electron chi connectivity index (χ2n) is 4.20. The quantitative estimate of drug-likeness (QED) is 0.816. The van der Waals surface area contributed by atoms with Gasteiger partial charge in [-0.15, -0.1) is 0 Å². The zero-order valence-electron chi connectivity index (χ0n) is 11.5. The average Bonchev–Trinajstić information content (AvgIpc) is 2.39. The van der Waals surface area contributed by atoms with Crippen LogP contribution >= 0.6 is 0 Å². The number of methoxy groups -OCH3 is 1. The zero-order chi connectivity index (χ0) is 13.7. The van der Waals surface area contributed by atoms with Gasteiger partial charge < -0.3 is 9.84 Å². The SMILES string of the molecule is CCN(CC)Cc1ccc(C(=O)OC)c(C)c1O. The van der Waals surface area contributed by atoms with Crippen LogP contribution in [0.3, 0.4) is 0 Å². The fourth-order valence-corrected chi connectivity index (χ4v) is 1.90. The molecular formula is C14H21NO3. The van der Waals surface area contributed by atoms with Gasteiger partial charge in [-0.05, 0) is 26.1 Å². The van der Waals surface area contributed by atoms with E-state index in [0.717, 1.165) is 18.7 Å². The fourth-order valence-electron chi connectivity index (χ4n) is 1.90. The van der Waals surface area contributed by atoms with Crippen molar-refractivity contribution >= 4 is 5.97 Å². The number of esters is 1. The maximum Gasteiger partial charge on any atom is 0.338 e. The summed E-state index contributed by atoms with van der Waals surface area (Å²) in [4.78, 5) is 13.7. The van der Waals surface area contributed by atoms with E-state index < -0.39 is 5.97 Å². The number of hydrogen-bond donors (Lipinski definition) is 1. The minimum atomic E-state index is -0.419. The molecule has 100 valence electrons. The molecule has 1 aromatic carbocycles. The first-order chi connectivity index (χ1) is 8.54. The first-order valence-corrected chi connectivity index (χ1v) is 6.17. The zero-order valence-corrected chi connectivity index (χ0v) is 11.5. The van der Waals surface area contributed by atoms with Crippen molar-refractivity contribution in [3.05, 3.63) is 28.8 Å². The number of aromatic hydroxyl groups is 1. The van der Waals surface area contributed by atoms with E-state index in [1.165, 1.54) is 7.11 Å². The van der Waals surface area contributed by atoms with E-state index in [-0.39, 0.29) is 5.75 Å². The number of rotatable bonds is 5. The summed E-state index contributed by atoms with van der Waals surface area (Å²) in [6.07, 6.45) is 0. The lowest BCUT2D eigenvalue weighted by Gasteiger charge is -2.19. The van der Waals surface area contributed by atoms with Gasteiger partial charge >= 0.3 is 5.97 Å². The molecule has 0 aromatic heterocycles. The molecule has 0 atom stereocenters. The molecule has 0 aliphatic carbocycles. The van der Waals surface area contributed by atoms with Crippen molar-refractivity contribution in [1.29, 1.82) is 0 Å². The van der Waals surface area contributed by atoms with Crippen molar-refractivity contribution < 1.29 is 14.6 Å². The third-order valence-corrected chi connectivity index (χ3v) is 3.21. The minimum Gasteiger partial charge on any atom is -0.507 e. The van der Waals surface area contributed by atoms with Gasteiger partial charge in [-0.2, -0.15) is 0 Å². The Kier molecular flexibility index (Phi) is 5.16. The second kappa shape index (κ2) is 6.40. The van der Waals surface area contributed by atoms with Crippen molar-refractivity contribution in [2.24, 2.45) is 0 Å². The third-order valence-electron chi connectivity index (χ3n) is 3.21. The van der Waals surface area contributed by atoms with Crippen LogP contribution in [-0.4, -0.2) is 36.2 Å². The van der Waals surface area contributed by atoms with Gasteiger partial charge in [-0.25, -0.2) is 4.79 Å². The molecule has 4 heteroatoms. The highest BCUT2D eigenvalue weighted by molar-refractivity contribution is 5.91. The monoisotopic (exact) mass is 251 g/mol. The first-order valence-electron chi connectivity index (χ1n) is 6.17. The van der Waals surface area contributed by atoms with E-state index in [9.17, 15) is 9.90 Å². The van der Waals surface area contributed by atoms with Gasteiger partial charge in [-0.3, -0.25) is 4.90 Å². The van der Waals surface area contributed by atoms with Gasteiger partial charge in [0.1, 0.15) is 5.75 Å². The Morgan fingerprint density at radius 2 is 1.94 bits per heavy atom. The van der Waals surface area contributed by atoms with Gasteiger partial charge in [-0.1, -0.05) is 19.9 Å². The summed E-state index contributed by atoms with van der Waals surface area (Å²) in [7, 11) is 1.34. The van der Waals surface area contributed by atoms with Crippen LogP contribution in [0.2, 0.25) is 0 Å². The number of benzene rings is 1. The predicted molar refractivity (Wildman–Crippen MR) is 70.8 cm³/mol. The van der Waals surface area contributed by atoms with Gasteiger partial charge in [0.25, 0.3) is 0 Å². The molecule has 1 N–H and O–H groups in total. The number of ether oxygens (including phenoxy) is 1. The molecule has 0 aliphatic rings. The molecule has 1 aromatic rings. The van der Waals surface area contributed by atoms with E-state index in [1.807, 2.05) is 0 Å². The molecule has 0 saturated carbocycles. The summed E-state index contributed by atoms with van der Waals surface area (Å²) in [5.41, 5.74) is 1.83. The second-order valence-corrected chi connectivity index (χ2v) is 4.20. The Balaban J connectivity index is 3.04. The van der Waals surface area contributed by atoms with E-state index in [4.69, 9.17) is 0 Å². The van der Waals surface area contributed by atoms with Gasteiger partial charge in [0, 0.05) is 17.7 Å². The maximum atomic E-state index is 11.5. The number of phenols is 1. The smallest absolute Gasteiger partial charge is 0.338 e. The highest BCUT2D eigenvalue weighted by atomic mass is 16.5. The molecule has 0 bridgehead atoms. The van der Waals surface area contributed by atoms with Crippen molar-refractivity contribution in [1.82, 2.24) is 4.90 Å². The molecule has 4 nitrogen and oxygen atoms in total. The molecule has 1 rings (SSSR count). The third kappa shape index (κ3) is 3.01. The summed E-state index contributed by atoms with van der Waals surface area (Å²) in [5.74, 6) is -0.234. The van der Waals surface area contributed by atoms with E-state index in [0.29, 0.717) is 17.7 Å². The van der Waals surface area contributed by atoms with Crippen LogP contribution in [0.15, 0.2) is 12.1 Å². The van der Waals surface area contributed by atoms with Crippen molar-refractivity contribution in [3.8, 4) is 5.75 Å². The van der Waals surface area contributed by atoms with Crippen LogP contribution in [0.5, 0.6) is 5.75 Å². The van der Waals surface area contributed by atoms with E-state index >= 15 is 0 Å². The van der Waals surface area contributed by atoms with Crippen LogP contribution in [-0.2, 0) is 11.3 Å². The molecule has 0 heterocycles. The predicted octanol–water partition coefficient (Wildman–Crippen LogP) is 2.33. The summed E-state index contributed by atoms with van der Waals surface area (Å²) in [5, 5.41) is 10.1. The number of hydrogen-bond acceptors (Lipinski definition) is 4. The Labute approximate surface area is 108 Å². The molecule has 0 saturated heterocycles. The molecule has 0 aliphatic heterocycles. The van der Waals surface area contributed by atoms with Crippen LogP contribution in [0.1, 0.15) is 35.3 Å². The van der Waals surface area contributed by atoms with Gasteiger partial charge in [0.2, 0.25) is 0 Å². The van der Waals surface area contributed by atoms with Crippen molar-refractivity contribution in [2.75, 3.05) is 20.2 Å². The topological polar surface area (TPSA) is 49.8 Å². The summed E-state index contributed by atoms with van der Waals surface area (Å²) < 4.78 is 4.67. The average molecular weight is 251 g/mol. The van der Waals surface area contributed by atoms with E-state index in [2.05, 4.69) is 23.5 Å². The Morgan fingerprint density at radius 1 is 1.33 bits per heavy atom. The number of carbonyl (C=O) groups is 1. The fraction of sp³-hybridized carbons (Fsp3) is 0.500. The van der Waals surface area contributed by atoms with Crippen LogP contribution in [0.4, 0.5) is 0 Å². The van der Waals surface area contributed by atoms with Crippen molar-refractivity contribution in [2.45, 2.75) is 27.3 Å². The van der Waals surface area contributed by atoms with Gasteiger partial charge in [0.15, 0.2) is 0 Å². The van der Waals surface area contributed by atoms with Crippen molar-refractivity contribution in [3.63, 3.8) is 0 Å². The highest BCUT2D eigenvalue weighted by Crippen LogP contribution is 2.26. The largest absolute Gasteiger partial charge is 0.507 e. The molecule has 0 unspecified atom stereocenters. The molecule has 0 fully saturated rings. The Bertz CT molecular complexity index is 425. The molecule has 0 spiro atoms. The number of nitrogens with zero attached hydrogens (tertiary/aromatic N) is 1. The van der Waals surface area contributed by atoms with Crippen LogP contribution in [0, 0.1) is 6.92 Å². The van der Waals surface area contributed by atoms with Crippen LogP contribution in [0.25, 0.3) is 0 Å². The summed E-state index contributed by atoms with van der Waals surface area (Å²) >= 11 is 0. The normalized spacial score (nSPS) is 10.7. The molecule has 0 radical (unpaired) electrons. The lowest BCUT2D eigenvalue weighted by Crippen LogP contribution is -2.22. The standard InChI is InChI=1S/C14H21NO3/c1-5-15(6-2)9-11-7-8-12(14(17)18-4)10(3)13(11)16/h7-8,16H,5-6,9H2,1-4H3. The lowest BCUT2D eigenvalue weighted by molar-refractivity contribution is 0.0599. The van der Waals surface area contributed by atoms with Gasteiger partial charge in [0.05, 0.1) is 12.7 Å². The molecule has 0 amide bonds. The molecule has 18 heavy (non-hydrogen) atoms. The number of carbonyl (C=O) groups excluding carboxylic acids is 1. The van der Waals surface area contributed by atoms with Crippen LogP contribution < -0.4 is 0 Å². The lowest BCUT2D eigenvalue weighted by atomic mass is 10.0. The first kappa shape index (κ1) is 14.5. The Hall–Kier alpha value is -1.55. The summed E-state index contributed by atoms with van der Waals surface area (Å²) in [6.45, 7) is 8.42. The van der Waals surface area contributed by atoms with E-state index in [1.54, 1.807) is 19.1 Å². The highest BCUT2D eigenvalue weighted by Gasteiger charge is 2.15. The maximum absolute atomic E-state index is 11.5. The Morgan fingerprint density at radius 3 is 2.44 bits per heavy atom. The summed E-state index contributed by atoms with van der Waals surface area (Å²) in [6, 6.07) is 3.49. The number of phenolic OH excluding ortho intramolecular Hbond substituents is 1.